The summed E-state index contributed by atoms with van der Waals surface area (Å²) in [7, 11) is 0. The number of imide groups is 1. The molecule has 3 aromatic rings. The maximum Gasteiger partial charge on any atom is 0.329 e. The summed E-state index contributed by atoms with van der Waals surface area (Å²) in [4.78, 5) is 39.1. The van der Waals surface area contributed by atoms with Crippen LogP contribution in [0.25, 0.3) is 11.8 Å². The quantitative estimate of drug-likeness (QED) is 0.401. The molecular formula is C28H30N4O3. The first-order chi connectivity index (χ1) is 16.7. The van der Waals surface area contributed by atoms with Crippen LogP contribution in [0.4, 0.5) is 10.5 Å². The summed E-state index contributed by atoms with van der Waals surface area (Å²) < 4.78 is 2.16. The number of nitrogens with zero attached hydrogens (tertiary/aromatic N) is 2. The molecule has 0 saturated carbocycles. The topological polar surface area (TPSA) is 83.4 Å². The Morgan fingerprint density at radius 2 is 1.69 bits per heavy atom. The summed E-state index contributed by atoms with van der Waals surface area (Å²) in [6.07, 6.45) is 2.43. The van der Waals surface area contributed by atoms with Crippen molar-refractivity contribution in [3.63, 3.8) is 0 Å². The van der Waals surface area contributed by atoms with Crippen LogP contribution in [0.2, 0.25) is 0 Å². The summed E-state index contributed by atoms with van der Waals surface area (Å²) in [6.45, 7) is 9.78. The van der Waals surface area contributed by atoms with Crippen LogP contribution in [0.15, 0.2) is 54.2 Å². The molecule has 1 saturated heterocycles. The second kappa shape index (κ2) is 9.62. The zero-order valence-corrected chi connectivity index (χ0v) is 20.7. The van der Waals surface area contributed by atoms with E-state index in [-0.39, 0.29) is 12.2 Å². The Labute approximate surface area is 205 Å². The molecule has 2 aromatic carbocycles. The van der Waals surface area contributed by atoms with Crippen molar-refractivity contribution in [2.75, 3.05) is 11.9 Å². The molecule has 4 rings (SSSR count). The van der Waals surface area contributed by atoms with Gasteiger partial charge in [0.2, 0.25) is 5.91 Å². The van der Waals surface area contributed by atoms with E-state index in [0.717, 1.165) is 50.6 Å². The van der Waals surface area contributed by atoms with Crippen LogP contribution in [0, 0.1) is 27.7 Å². The molecule has 1 aromatic heterocycles. The van der Waals surface area contributed by atoms with Crippen LogP contribution in [-0.4, -0.2) is 33.9 Å². The third kappa shape index (κ3) is 4.62. The van der Waals surface area contributed by atoms with Crippen LogP contribution < -0.4 is 10.6 Å². The molecule has 0 bridgehead atoms. The number of anilines is 1. The minimum absolute atomic E-state index is 0.151. The minimum Gasteiger partial charge on any atom is -0.324 e. The van der Waals surface area contributed by atoms with Crippen molar-refractivity contribution in [1.29, 1.82) is 0 Å². The molecule has 35 heavy (non-hydrogen) atoms. The molecule has 0 spiro atoms. The van der Waals surface area contributed by atoms with Crippen molar-refractivity contribution in [1.82, 2.24) is 14.8 Å². The lowest BCUT2D eigenvalue weighted by molar-refractivity contribution is -0.127. The first-order valence-electron chi connectivity index (χ1n) is 11.7. The van der Waals surface area contributed by atoms with Crippen LogP contribution in [-0.2, 0) is 16.0 Å². The molecule has 7 heteroatoms. The second-order valence-corrected chi connectivity index (χ2v) is 8.84. The van der Waals surface area contributed by atoms with Crippen LogP contribution >= 0.6 is 0 Å². The molecule has 1 aliphatic rings. The number of amides is 4. The van der Waals surface area contributed by atoms with Gasteiger partial charge in [-0.3, -0.25) is 9.59 Å². The number of hydrogen-bond acceptors (Lipinski definition) is 3. The monoisotopic (exact) mass is 470 g/mol. The largest absolute Gasteiger partial charge is 0.329 e. The van der Waals surface area contributed by atoms with E-state index in [1.165, 1.54) is 0 Å². The van der Waals surface area contributed by atoms with E-state index in [1.807, 2.05) is 51.1 Å². The molecule has 180 valence electrons. The summed E-state index contributed by atoms with van der Waals surface area (Å²) in [5, 5.41) is 5.43. The highest BCUT2D eigenvalue weighted by Gasteiger charge is 2.35. The van der Waals surface area contributed by atoms with Gasteiger partial charge < -0.3 is 15.2 Å². The SMILES string of the molecule is CCc1ccccc1NC(=O)CN1C(=O)N/C(=C/c2cc(C)n(-c3c(C)cccc3C)c2C)C1=O. The average molecular weight is 471 g/mol. The normalized spacial score (nSPS) is 14.5. The van der Waals surface area contributed by atoms with Gasteiger partial charge in [-0.15, -0.1) is 0 Å². The highest BCUT2D eigenvalue weighted by Crippen LogP contribution is 2.27. The molecule has 1 aliphatic heterocycles. The lowest BCUT2D eigenvalue weighted by atomic mass is 10.1. The summed E-state index contributed by atoms with van der Waals surface area (Å²) in [5.74, 6) is -0.949. The van der Waals surface area contributed by atoms with Gasteiger partial charge in [-0.05, 0) is 74.6 Å². The average Bonchev–Trinajstić information content (AvgIpc) is 3.24. The number of nitrogens with one attached hydrogen (secondary N) is 2. The van der Waals surface area contributed by atoms with E-state index in [2.05, 4.69) is 41.2 Å². The lowest BCUT2D eigenvalue weighted by Gasteiger charge is -2.15. The highest BCUT2D eigenvalue weighted by atomic mass is 16.2. The Morgan fingerprint density at radius 1 is 1.00 bits per heavy atom. The van der Waals surface area contributed by atoms with E-state index in [1.54, 1.807) is 12.1 Å². The zero-order chi connectivity index (χ0) is 25.3. The Morgan fingerprint density at radius 3 is 2.37 bits per heavy atom. The van der Waals surface area contributed by atoms with E-state index in [9.17, 15) is 14.4 Å². The number of carbonyl (C=O) groups is 3. The summed E-state index contributed by atoms with van der Waals surface area (Å²) >= 11 is 0. The van der Waals surface area contributed by atoms with Crippen molar-refractivity contribution >= 4 is 29.6 Å². The van der Waals surface area contributed by atoms with Gasteiger partial charge in [-0.2, -0.15) is 0 Å². The van der Waals surface area contributed by atoms with Gasteiger partial charge in [-0.25, -0.2) is 9.69 Å². The lowest BCUT2D eigenvalue weighted by Crippen LogP contribution is -2.38. The smallest absolute Gasteiger partial charge is 0.324 e. The van der Waals surface area contributed by atoms with Gasteiger partial charge in [-0.1, -0.05) is 43.3 Å². The predicted molar refractivity (Wildman–Crippen MR) is 137 cm³/mol. The summed E-state index contributed by atoms with van der Waals surface area (Å²) in [5.41, 5.74) is 8.04. The van der Waals surface area contributed by atoms with Crippen molar-refractivity contribution < 1.29 is 14.4 Å². The first-order valence-corrected chi connectivity index (χ1v) is 11.7. The minimum atomic E-state index is -0.608. The fourth-order valence-corrected chi connectivity index (χ4v) is 4.59. The first kappa shape index (κ1) is 24.0. The number of aryl methyl sites for hydroxylation is 4. The Balaban J connectivity index is 1.56. The molecule has 0 atom stereocenters. The van der Waals surface area contributed by atoms with Crippen molar-refractivity contribution in [3.8, 4) is 5.69 Å². The van der Waals surface area contributed by atoms with E-state index in [4.69, 9.17) is 0 Å². The third-order valence-corrected chi connectivity index (χ3v) is 6.37. The van der Waals surface area contributed by atoms with Gasteiger partial charge >= 0.3 is 6.03 Å². The number of hydrogen-bond donors (Lipinski definition) is 2. The number of urea groups is 1. The van der Waals surface area contributed by atoms with Gasteiger partial charge in [0, 0.05) is 17.1 Å². The second-order valence-electron chi connectivity index (χ2n) is 8.84. The van der Waals surface area contributed by atoms with Gasteiger partial charge in [0.1, 0.15) is 12.2 Å². The summed E-state index contributed by atoms with van der Waals surface area (Å²) in [6, 6.07) is 15.0. The van der Waals surface area contributed by atoms with Gasteiger partial charge in [0.05, 0.1) is 5.69 Å². The van der Waals surface area contributed by atoms with Crippen molar-refractivity contribution in [2.24, 2.45) is 0 Å². The third-order valence-electron chi connectivity index (χ3n) is 6.37. The van der Waals surface area contributed by atoms with Crippen molar-refractivity contribution in [2.45, 2.75) is 41.0 Å². The number of para-hydroxylation sites is 2. The Hall–Kier alpha value is -4.13. The Kier molecular flexibility index (Phi) is 6.60. The van der Waals surface area contributed by atoms with Gasteiger partial charge in [0.15, 0.2) is 0 Å². The Bertz CT molecular complexity index is 1350. The van der Waals surface area contributed by atoms with E-state index >= 15 is 0 Å². The van der Waals surface area contributed by atoms with E-state index in [0.29, 0.717) is 5.69 Å². The van der Waals surface area contributed by atoms with E-state index < -0.39 is 17.8 Å². The molecular weight excluding hydrogens is 440 g/mol. The maximum absolute atomic E-state index is 13.0. The zero-order valence-electron chi connectivity index (χ0n) is 20.7. The van der Waals surface area contributed by atoms with Gasteiger partial charge in [0.25, 0.3) is 5.91 Å². The fourth-order valence-electron chi connectivity index (χ4n) is 4.59. The van der Waals surface area contributed by atoms with Crippen LogP contribution in [0.3, 0.4) is 0 Å². The molecule has 2 N–H and O–H groups in total. The molecule has 4 amide bonds. The number of benzene rings is 2. The molecule has 0 unspecified atom stereocenters. The predicted octanol–water partition coefficient (Wildman–Crippen LogP) is 4.80. The molecule has 1 fully saturated rings. The highest BCUT2D eigenvalue weighted by molar-refractivity contribution is 6.16. The number of aromatic nitrogens is 1. The van der Waals surface area contributed by atoms with Crippen LogP contribution in [0.5, 0.6) is 0 Å². The van der Waals surface area contributed by atoms with Crippen molar-refractivity contribution in [3.05, 3.63) is 87.9 Å². The molecule has 7 nitrogen and oxygen atoms in total. The standard InChI is InChI=1S/C28H30N4O3/c1-6-21-12-7-8-13-23(21)29-25(33)16-31-27(34)24(30-28(31)35)15-22-14-19(4)32(20(22)5)26-17(2)10-9-11-18(26)3/h7-15H,6,16H2,1-5H3,(H,29,33)(H,30,35)/b24-15+. The molecule has 0 radical (unpaired) electrons. The molecule has 0 aliphatic carbocycles. The molecule has 2 heterocycles. The fraction of sp³-hybridized carbons (Fsp3) is 0.250. The number of rotatable bonds is 6. The number of carbonyl (C=O) groups excluding carboxylic acids is 3. The maximum atomic E-state index is 13.0. The van der Waals surface area contributed by atoms with Crippen LogP contribution in [0.1, 0.15) is 40.6 Å².